The number of benzene rings is 1. The third-order valence-corrected chi connectivity index (χ3v) is 4.72. The molecule has 2 rings (SSSR count). The molecule has 1 aromatic heterocycles. The maximum atomic E-state index is 13.8. The van der Waals surface area contributed by atoms with Gasteiger partial charge in [-0.1, -0.05) is 17.7 Å². The molecular formula is C16H19ClF2IN3OS. The van der Waals surface area contributed by atoms with Crippen LogP contribution < -0.4 is 10.6 Å². The number of nitrogens with zero attached hydrogens (tertiary/aromatic N) is 1. The van der Waals surface area contributed by atoms with Crippen LogP contribution in [0.3, 0.4) is 0 Å². The van der Waals surface area contributed by atoms with Gasteiger partial charge in [-0.3, -0.25) is 4.99 Å². The Morgan fingerprint density at radius 3 is 2.60 bits per heavy atom. The number of aliphatic hydroxyl groups excluding tert-OH is 1. The predicted molar refractivity (Wildman–Crippen MR) is 109 cm³/mol. The zero-order valence-electron chi connectivity index (χ0n) is 13.6. The summed E-state index contributed by atoms with van der Waals surface area (Å²) in [6.45, 7) is 1.95. The van der Waals surface area contributed by atoms with Gasteiger partial charge < -0.3 is 15.7 Å². The largest absolute Gasteiger partial charge is 0.386 e. The van der Waals surface area contributed by atoms with E-state index in [1.54, 1.807) is 26.1 Å². The minimum absolute atomic E-state index is 0. The van der Waals surface area contributed by atoms with Gasteiger partial charge in [0.05, 0.1) is 10.4 Å². The summed E-state index contributed by atoms with van der Waals surface area (Å²) < 4.78 is 27.4. The van der Waals surface area contributed by atoms with Crippen molar-refractivity contribution in [3.05, 3.63) is 56.7 Å². The number of nitrogens with one attached hydrogen (secondary N) is 2. The molecule has 0 aliphatic rings. The Labute approximate surface area is 171 Å². The van der Waals surface area contributed by atoms with Crippen LogP contribution in [0.5, 0.6) is 0 Å². The van der Waals surface area contributed by atoms with Crippen LogP contribution in [0.2, 0.25) is 4.34 Å². The number of guanidine groups is 1. The van der Waals surface area contributed by atoms with Crippen molar-refractivity contribution in [2.45, 2.75) is 19.1 Å². The molecule has 0 radical (unpaired) electrons. The van der Waals surface area contributed by atoms with Crippen molar-refractivity contribution in [2.75, 3.05) is 13.6 Å². The van der Waals surface area contributed by atoms with E-state index >= 15 is 0 Å². The summed E-state index contributed by atoms with van der Waals surface area (Å²) in [4.78, 5) is 4.77. The van der Waals surface area contributed by atoms with E-state index < -0.39 is 23.8 Å². The van der Waals surface area contributed by atoms with Gasteiger partial charge in [-0.25, -0.2) is 8.78 Å². The Morgan fingerprint density at radius 2 is 2.04 bits per heavy atom. The van der Waals surface area contributed by atoms with E-state index in [1.807, 2.05) is 0 Å². The molecule has 3 N–H and O–H groups in total. The molecule has 4 nitrogen and oxygen atoms in total. The minimum atomic E-state index is -0.737. The van der Waals surface area contributed by atoms with Gasteiger partial charge in [-0.15, -0.1) is 35.3 Å². The SMILES string of the molecule is CN=C(NCC(O)c1ccc(Cl)s1)NC(C)c1ccc(F)cc1F.I. The number of hydrogen-bond donors (Lipinski definition) is 3. The summed E-state index contributed by atoms with van der Waals surface area (Å²) in [5.74, 6) is -0.852. The second kappa shape index (κ2) is 10.2. The minimum Gasteiger partial charge on any atom is -0.386 e. The lowest BCUT2D eigenvalue weighted by molar-refractivity contribution is 0.184. The van der Waals surface area contributed by atoms with E-state index in [0.29, 0.717) is 15.9 Å². The molecule has 0 aliphatic heterocycles. The lowest BCUT2D eigenvalue weighted by atomic mass is 10.1. The van der Waals surface area contributed by atoms with Crippen LogP contribution in [-0.4, -0.2) is 24.7 Å². The third kappa shape index (κ3) is 6.36. The first-order valence-electron chi connectivity index (χ1n) is 7.26. The van der Waals surface area contributed by atoms with Crippen LogP contribution in [-0.2, 0) is 0 Å². The van der Waals surface area contributed by atoms with Gasteiger partial charge in [0.15, 0.2) is 5.96 Å². The molecule has 0 bridgehead atoms. The van der Waals surface area contributed by atoms with Crippen molar-refractivity contribution in [1.29, 1.82) is 0 Å². The van der Waals surface area contributed by atoms with Crippen LogP contribution in [0, 0.1) is 11.6 Å². The second-order valence-corrected chi connectivity index (χ2v) is 6.89. The number of halogens is 4. The molecule has 1 aromatic carbocycles. The molecule has 0 aliphatic carbocycles. The molecule has 2 aromatic rings. The first-order chi connectivity index (χ1) is 11.4. The molecule has 2 unspecified atom stereocenters. The first-order valence-corrected chi connectivity index (χ1v) is 8.45. The quantitative estimate of drug-likeness (QED) is 0.326. The van der Waals surface area contributed by atoms with Crippen molar-refractivity contribution >= 4 is 52.9 Å². The molecular weight excluding hydrogens is 483 g/mol. The maximum Gasteiger partial charge on any atom is 0.191 e. The highest BCUT2D eigenvalue weighted by atomic mass is 127. The zero-order chi connectivity index (χ0) is 17.7. The molecule has 0 saturated carbocycles. The van der Waals surface area contributed by atoms with E-state index in [9.17, 15) is 13.9 Å². The molecule has 2 atom stereocenters. The molecule has 0 spiro atoms. The average molecular weight is 502 g/mol. The van der Waals surface area contributed by atoms with Crippen LogP contribution in [0.25, 0.3) is 0 Å². The molecule has 0 fully saturated rings. The van der Waals surface area contributed by atoms with Gasteiger partial charge >= 0.3 is 0 Å². The van der Waals surface area contributed by atoms with Crippen molar-refractivity contribution in [3.63, 3.8) is 0 Å². The van der Waals surface area contributed by atoms with E-state index in [4.69, 9.17) is 11.6 Å². The highest BCUT2D eigenvalue weighted by Crippen LogP contribution is 2.26. The van der Waals surface area contributed by atoms with E-state index in [1.165, 1.54) is 23.5 Å². The summed E-state index contributed by atoms with van der Waals surface area (Å²) >= 11 is 7.15. The van der Waals surface area contributed by atoms with Gasteiger partial charge in [0, 0.05) is 30.1 Å². The fourth-order valence-electron chi connectivity index (χ4n) is 2.13. The van der Waals surface area contributed by atoms with Gasteiger partial charge in [0.1, 0.15) is 17.7 Å². The summed E-state index contributed by atoms with van der Waals surface area (Å²) in [7, 11) is 1.57. The van der Waals surface area contributed by atoms with E-state index in [2.05, 4.69) is 15.6 Å². The summed E-state index contributed by atoms with van der Waals surface area (Å²) in [6.07, 6.45) is -0.737. The van der Waals surface area contributed by atoms with Gasteiger partial charge in [-0.05, 0) is 25.1 Å². The normalized spacial score (nSPS) is 13.8. The van der Waals surface area contributed by atoms with Crippen molar-refractivity contribution in [1.82, 2.24) is 10.6 Å². The van der Waals surface area contributed by atoms with Crippen molar-refractivity contribution in [2.24, 2.45) is 4.99 Å². The third-order valence-electron chi connectivity index (χ3n) is 3.39. The number of thiophene rings is 1. The Balaban J connectivity index is 0.00000312. The summed E-state index contributed by atoms with van der Waals surface area (Å²) in [6, 6.07) is 6.48. The summed E-state index contributed by atoms with van der Waals surface area (Å²) in [5.41, 5.74) is 0.324. The molecule has 0 saturated heterocycles. The fourth-order valence-corrected chi connectivity index (χ4v) is 3.18. The number of rotatable bonds is 5. The standard InChI is InChI=1S/C16H18ClF2N3OS.HI/c1-9(11-4-3-10(18)7-12(11)19)22-16(20-2)21-8-13(23)14-5-6-15(17)24-14;/h3-7,9,13,23H,8H2,1-2H3,(H2,20,21,22);1H. The van der Waals surface area contributed by atoms with Crippen LogP contribution >= 0.6 is 46.9 Å². The van der Waals surface area contributed by atoms with E-state index in [0.717, 1.165) is 10.9 Å². The van der Waals surface area contributed by atoms with Crippen LogP contribution in [0.1, 0.15) is 29.5 Å². The highest BCUT2D eigenvalue weighted by molar-refractivity contribution is 14.0. The monoisotopic (exact) mass is 501 g/mol. The molecule has 9 heteroatoms. The second-order valence-electron chi connectivity index (χ2n) is 5.14. The topological polar surface area (TPSA) is 56.7 Å². The Bertz CT molecular complexity index is 729. The number of aliphatic imine (C=N–C) groups is 1. The molecule has 0 amide bonds. The maximum absolute atomic E-state index is 13.8. The van der Waals surface area contributed by atoms with Gasteiger partial charge in [0.2, 0.25) is 0 Å². The molecule has 25 heavy (non-hydrogen) atoms. The van der Waals surface area contributed by atoms with Crippen molar-refractivity contribution in [3.8, 4) is 0 Å². The number of aliphatic hydroxyl groups is 1. The average Bonchev–Trinajstić information content (AvgIpc) is 2.97. The predicted octanol–water partition coefficient (Wildman–Crippen LogP) is 4.26. The van der Waals surface area contributed by atoms with Crippen LogP contribution in [0.15, 0.2) is 35.3 Å². The van der Waals surface area contributed by atoms with E-state index in [-0.39, 0.29) is 30.5 Å². The van der Waals surface area contributed by atoms with Crippen molar-refractivity contribution < 1.29 is 13.9 Å². The van der Waals surface area contributed by atoms with Crippen LogP contribution in [0.4, 0.5) is 8.78 Å². The molecule has 1 heterocycles. The fraction of sp³-hybridized carbons (Fsp3) is 0.312. The van der Waals surface area contributed by atoms with Gasteiger partial charge in [-0.2, -0.15) is 0 Å². The Kier molecular flexibility index (Phi) is 9.04. The summed E-state index contributed by atoms with van der Waals surface area (Å²) in [5, 5.41) is 16.1. The Morgan fingerprint density at radius 1 is 1.32 bits per heavy atom. The lowest BCUT2D eigenvalue weighted by Crippen LogP contribution is -2.40. The van der Waals surface area contributed by atoms with Gasteiger partial charge in [0.25, 0.3) is 0 Å². The number of hydrogen-bond acceptors (Lipinski definition) is 3. The lowest BCUT2D eigenvalue weighted by Gasteiger charge is -2.20. The first kappa shape index (κ1) is 22.1. The zero-order valence-corrected chi connectivity index (χ0v) is 17.5. The Hall–Kier alpha value is -0.970. The smallest absolute Gasteiger partial charge is 0.191 e. The molecule has 138 valence electrons. The highest BCUT2D eigenvalue weighted by Gasteiger charge is 2.15.